The van der Waals surface area contributed by atoms with Crippen LogP contribution in [-0.4, -0.2) is 69.6 Å². The maximum absolute atomic E-state index is 12.8. The first-order valence-electron chi connectivity index (χ1n) is 10.0. The standard InChI is InChI=1S/C21H25N5O3S/c1-14-4-3-5-15(2)18(14)23-17(27)13-24-6-8-25(9-7-24)19(28)16-12-22-21-26(20(16)29)10-11-30-21/h3-5,12H,6-11,13H2,1-2H3,(H,23,27). The van der Waals surface area contributed by atoms with E-state index in [9.17, 15) is 14.4 Å². The largest absolute Gasteiger partial charge is 0.336 e. The third-order valence-corrected chi connectivity index (χ3v) is 6.53. The summed E-state index contributed by atoms with van der Waals surface area (Å²) in [5.74, 6) is 0.466. The zero-order chi connectivity index (χ0) is 21.3. The van der Waals surface area contributed by atoms with Crippen molar-refractivity contribution in [3.05, 3.63) is 51.4 Å². The molecule has 4 rings (SSSR count). The van der Waals surface area contributed by atoms with Crippen LogP contribution in [0.2, 0.25) is 0 Å². The SMILES string of the molecule is Cc1cccc(C)c1NC(=O)CN1CCN(C(=O)c2cnc3n(c2=O)CCS3)CC1. The number of hydrogen-bond donors (Lipinski definition) is 1. The Bertz CT molecular complexity index is 1020. The van der Waals surface area contributed by atoms with Gasteiger partial charge in [-0.2, -0.15) is 0 Å². The summed E-state index contributed by atoms with van der Waals surface area (Å²) in [6, 6.07) is 5.92. The second kappa shape index (κ2) is 8.61. The van der Waals surface area contributed by atoms with E-state index in [2.05, 4.69) is 10.3 Å². The van der Waals surface area contributed by atoms with Crippen LogP contribution in [-0.2, 0) is 11.3 Å². The zero-order valence-electron chi connectivity index (χ0n) is 17.2. The highest BCUT2D eigenvalue weighted by Gasteiger charge is 2.27. The molecule has 0 aliphatic carbocycles. The van der Waals surface area contributed by atoms with Crippen molar-refractivity contribution < 1.29 is 9.59 Å². The number of aryl methyl sites for hydroxylation is 2. The smallest absolute Gasteiger partial charge is 0.267 e. The van der Waals surface area contributed by atoms with Crippen LogP contribution in [0.15, 0.2) is 34.3 Å². The van der Waals surface area contributed by atoms with E-state index in [1.165, 1.54) is 18.0 Å². The van der Waals surface area contributed by atoms with Crippen LogP contribution in [0.5, 0.6) is 0 Å². The molecule has 0 bridgehead atoms. The van der Waals surface area contributed by atoms with E-state index in [0.29, 0.717) is 37.9 Å². The Labute approximate surface area is 179 Å². The Kier molecular flexibility index (Phi) is 5.92. The first-order chi connectivity index (χ1) is 14.4. The molecule has 0 radical (unpaired) electrons. The molecule has 1 aromatic carbocycles. The van der Waals surface area contributed by atoms with Crippen molar-refractivity contribution in [1.82, 2.24) is 19.4 Å². The Balaban J connectivity index is 1.33. The topological polar surface area (TPSA) is 87.5 Å². The molecule has 0 atom stereocenters. The maximum atomic E-state index is 12.8. The van der Waals surface area contributed by atoms with Crippen molar-refractivity contribution in [2.24, 2.45) is 0 Å². The zero-order valence-corrected chi connectivity index (χ0v) is 18.0. The number of carbonyl (C=O) groups is 2. The number of piperazine rings is 1. The summed E-state index contributed by atoms with van der Waals surface area (Å²) in [5.41, 5.74) is 2.80. The van der Waals surface area contributed by atoms with Crippen LogP contribution < -0.4 is 10.9 Å². The van der Waals surface area contributed by atoms with E-state index in [1.54, 1.807) is 9.47 Å². The Morgan fingerprint density at radius 3 is 2.50 bits per heavy atom. The van der Waals surface area contributed by atoms with E-state index in [1.807, 2.05) is 36.9 Å². The molecule has 0 saturated carbocycles. The van der Waals surface area contributed by atoms with Crippen molar-refractivity contribution in [2.75, 3.05) is 43.8 Å². The molecule has 1 N–H and O–H groups in total. The van der Waals surface area contributed by atoms with Gasteiger partial charge < -0.3 is 10.2 Å². The summed E-state index contributed by atoms with van der Waals surface area (Å²) >= 11 is 1.53. The number of para-hydroxylation sites is 1. The lowest BCUT2D eigenvalue weighted by atomic mass is 10.1. The first-order valence-corrected chi connectivity index (χ1v) is 11.0. The fourth-order valence-electron chi connectivity index (χ4n) is 3.84. The molecule has 2 aliphatic heterocycles. The van der Waals surface area contributed by atoms with E-state index >= 15 is 0 Å². The molecule has 2 aromatic rings. The summed E-state index contributed by atoms with van der Waals surface area (Å²) in [6.45, 7) is 6.94. The van der Waals surface area contributed by atoms with Crippen LogP contribution in [0.4, 0.5) is 5.69 Å². The van der Waals surface area contributed by atoms with Crippen LogP contribution in [0.3, 0.4) is 0 Å². The lowest BCUT2D eigenvalue weighted by molar-refractivity contribution is -0.117. The molecule has 2 amide bonds. The number of amides is 2. The fourth-order valence-corrected chi connectivity index (χ4v) is 4.75. The van der Waals surface area contributed by atoms with Crippen LogP contribution in [0, 0.1) is 13.8 Å². The highest BCUT2D eigenvalue weighted by molar-refractivity contribution is 7.99. The molecular weight excluding hydrogens is 402 g/mol. The van der Waals surface area contributed by atoms with Gasteiger partial charge in [0.1, 0.15) is 5.56 Å². The van der Waals surface area contributed by atoms with Gasteiger partial charge in [0.25, 0.3) is 11.5 Å². The van der Waals surface area contributed by atoms with Gasteiger partial charge in [0.05, 0.1) is 6.54 Å². The monoisotopic (exact) mass is 427 g/mol. The average molecular weight is 428 g/mol. The lowest BCUT2D eigenvalue weighted by Crippen LogP contribution is -2.51. The van der Waals surface area contributed by atoms with E-state index in [-0.39, 0.29) is 29.5 Å². The highest BCUT2D eigenvalue weighted by Crippen LogP contribution is 2.21. The van der Waals surface area contributed by atoms with E-state index in [4.69, 9.17) is 0 Å². The number of fused-ring (bicyclic) bond motifs is 1. The van der Waals surface area contributed by atoms with E-state index < -0.39 is 0 Å². The minimum atomic E-state index is -0.278. The van der Waals surface area contributed by atoms with Crippen LogP contribution in [0.1, 0.15) is 21.5 Å². The molecule has 30 heavy (non-hydrogen) atoms. The number of carbonyl (C=O) groups excluding carboxylic acids is 2. The quantitative estimate of drug-likeness (QED) is 0.742. The summed E-state index contributed by atoms with van der Waals surface area (Å²) < 4.78 is 1.58. The number of benzene rings is 1. The van der Waals surface area contributed by atoms with Gasteiger partial charge in [-0.25, -0.2) is 4.98 Å². The van der Waals surface area contributed by atoms with Crippen molar-refractivity contribution in [1.29, 1.82) is 0 Å². The molecule has 1 fully saturated rings. The van der Waals surface area contributed by atoms with Crippen LogP contribution >= 0.6 is 11.8 Å². The first kappa shape index (κ1) is 20.6. The fraction of sp³-hybridized carbons (Fsp3) is 0.429. The summed E-state index contributed by atoms with van der Waals surface area (Å²) in [4.78, 5) is 45.9. The molecular formula is C21H25N5O3S. The predicted octanol–water partition coefficient (Wildman–Crippen LogP) is 1.36. The number of anilines is 1. The van der Waals surface area contributed by atoms with Gasteiger partial charge in [-0.3, -0.25) is 23.9 Å². The molecule has 1 saturated heterocycles. The number of hydrogen-bond acceptors (Lipinski definition) is 6. The van der Waals surface area contributed by atoms with Gasteiger partial charge in [0, 0.05) is 50.4 Å². The van der Waals surface area contributed by atoms with Crippen LogP contribution in [0.25, 0.3) is 0 Å². The van der Waals surface area contributed by atoms with Crippen molar-refractivity contribution >= 4 is 29.3 Å². The molecule has 3 heterocycles. The van der Waals surface area contributed by atoms with Gasteiger partial charge >= 0.3 is 0 Å². The highest BCUT2D eigenvalue weighted by atomic mass is 32.2. The van der Waals surface area contributed by atoms with Gasteiger partial charge in [-0.1, -0.05) is 30.0 Å². The Hall–Kier alpha value is -2.65. The third kappa shape index (κ3) is 4.13. The maximum Gasteiger partial charge on any atom is 0.267 e. The van der Waals surface area contributed by atoms with Gasteiger partial charge in [0.15, 0.2) is 5.16 Å². The Morgan fingerprint density at radius 1 is 1.10 bits per heavy atom. The van der Waals surface area contributed by atoms with Gasteiger partial charge in [0.2, 0.25) is 5.91 Å². The van der Waals surface area contributed by atoms with Crippen molar-refractivity contribution in [2.45, 2.75) is 25.5 Å². The summed E-state index contributed by atoms with van der Waals surface area (Å²) in [6.07, 6.45) is 1.40. The van der Waals surface area contributed by atoms with E-state index in [0.717, 1.165) is 22.6 Å². The summed E-state index contributed by atoms with van der Waals surface area (Å²) in [7, 11) is 0. The minimum absolute atomic E-state index is 0.0641. The molecule has 9 heteroatoms. The molecule has 1 aromatic heterocycles. The molecule has 8 nitrogen and oxygen atoms in total. The lowest BCUT2D eigenvalue weighted by Gasteiger charge is -2.34. The molecule has 0 unspecified atom stereocenters. The van der Waals surface area contributed by atoms with Gasteiger partial charge in [-0.15, -0.1) is 0 Å². The third-order valence-electron chi connectivity index (χ3n) is 5.56. The van der Waals surface area contributed by atoms with Crippen molar-refractivity contribution in [3.8, 4) is 0 Å². The number of nitrogens with one attached hydrogen (secondary N) is 1. The van der Waals surface area contributed by atoms with Gasteiger partial charge in [-0.05, 0) is 25.0 Å². The second-order valence-corrected chi connectivity index (χ2v) is 8.71. The normalized spacial score (nSPS) is 16.4. The number of aromatic nitrogens is 2. The summed E-state index contributed by atoms with van der Waals surface area (Å²) in [5, 5.41) is 3.68. The Morgan fingerprint density at radius 2 is 1.80 bits per heavy atom. The number of thioether (sulfide) groups is 1. The minimum Gasteiger partial charge on any atom is -0.336 e. The predicted molar refractivity (Wildman–Crippen MR) is 116 cm³/mol. The number of rotatable bonds is 4. The second-order valence-electron chi connectivity index (χ2n) is 7.64. The molecule has 158 valence electrons. The number of nitrogens with zero attached hydrogens (tertiary/aromatic N) is 4. The molecule has 2 aliphatic rings. The average Bonchev–Trinajstić information content (AvgIpc) is 3.21. The van der Waals surface area contributed by atoms with Crippen molar-refractivity contribution in [3.63, 3.8) is 0 Å². The molecule has 0 spiro atoms.